The van der Waals surface area contributed by atoms with Gasteiger partial charge in [-0.2, -0.15) is 0 Å². The van der Waals surface area contributed by atoms with Gasteiger partial charge < -0.3 is 4.98 Å². The first-order valence-corrected chi connectivity index (χ1v) is 8.42. The Kier molecular flexibility index (Phi) is 4.66. The number of para-hydroxylation sites is 1. The minimum absolute atomic E-state index is 0.0989. The van der Waals surface area contributed by atoms with E-state index in [9.17, 15) is 14.9 Å². The van der Waals surface area contributed by atoms with Crippen LogP contribution in [0.15, 0.2) is 41.7 Å². The van der Waals surface area contributed by atoms with Gasteiger partial charge in [0.2, 0.25) is 0 Å². The van der Waals surface area contributed by atoms with E-state index in [1.807, 2.05) is 42.7 Å². The second kappa shape index (κ2) is 6.89. The van der Waals surface area contributed by atoms with Crippen molar-refractivity contribution in [2.45, 2.75) is 19.0 Å². The highest BCUT2D eigenvalue weighted by Gasteiger charge is 2.18. The van der Waals surface area contributed by atoms with E-state index in [1.165, 1.54) is 24.0 Å². The number of Topliss-reactive ketones (excluding diaryl/α,β-unsaturated/α-hetero) is 1. The van der Waals surface area contributed by atoms with Gasteiger partial charge in [0.1, 0.15) is 5.82 Å². The molecule has 128 valence electrons. The first kappa shape index (κ1) is 16.9. The zero-order valence-corrected chi connectivity index (χ0v) is 14.4. The number of hydrogen-bond donors (Lipinski definition) is 1. The van der Waals surface area contributed by atoms with Gasteiger partial charge in [-0.05, 0) is 25.5 Å². The lowest BCUT2D eigenvalue weighted by Crippen LogP contribution is -2.06. The molecule has 0 aliphatic rings. The number of rotatable bonds is 6. The molecule has 3 aromatic rings. The predicted octanol–water partition coefficient (Wildman–Crippen LogP) is 3.10. The molecule has 0 aliphatic heterocycles. The Hall–Kier alpha value is -2.94. The Bertz CT molecular complexity index is 947. The molecule has 0 fully saturated rings. The zero-order valence-electron chi connectivity index (χ0n) is 13.6. The maximum Gasteiger partial charge on any atom is 0.287 e. The van der Waals surface area contributed by atoms with E-state index in [1.54, 1.807) is 0 Å². The lowest BCUT2D eigenvalue weighted by atomic mass is 10.2. The van der Waals surface area contributed by atoms with E-state index in [2.05, 4.69) is 15.2 Å². The summed E-state index contributed by atoms with van der Waals surface area (Å²) >= 11 is 1.24. The Morgan fingerprint density at radius 1 is 1.32 bits per heavy atom. The number of carbonyl (C=O) groups excluding carboxylic acids is 1. The minimum atomic E-state index is -0.543. The lowest BCUT2D eigenvalue weighted by Gasteiger charge is -2.10. The van der Waals surface area contributed by atoms with Crippen LogP contribution in [0, 0.1) is 24.0 Å². The van der Waals surface area contributed by atoms with Gasteiger partial charge in [0.15, 0.2) is 10.9 Å². The molecule has 2 heterocycles. The van der Waals surface area contributed by atoms with Gasteiger partial charge in [-0.15, -0.1) is 10.2 Å². The SMILES string of the molecule is Cc1ccccc1-n1c(C)nnc1SCC(=O)c1cc([N+](=O)[O-])c[nH]1. The first-order valence-electron chi connectivity index (χ1n) is 7.44. The van der Waals surface area contributed by atoms with Crippen molar-refractivity contribution >= 4 is 23.2 Å². The lowest BCUT2D eigenvalue weighted by molar-refractivity contribution is -0.384. The van der Waals surface area contributed by atoms with Crippen molar-refractivity contribution < 1.29 is 9.72 Å². The monoisotopic (exact) mass is 357 g/mol. The van der Waals surface area contributed by atoms with Gasteiger partial charge in [-0.25, -0.2) is 0 Å². The molecular formula is C16H15N5O3S. The summed E-state index contributed by atoms with van der Waals surface area (Å²) in [5.41, 5.74) is 2.10. The van der Waals surface area contributed by atoms with Crippen LogP contribution < -0.4 is 0 Å². The predicted molar refractivity (Wildman–Crippen MR) is 93.3 cm³/mol. The molecule has 8 nitrogen and oxygen atoms in total. The molecule has 0 bridgehead atoms. The number of ketones is 1. The molecule has 0 unspecified atom stereocenters. The van der Waals surface area contributed by atoms with Crippen molar-refractivity contribution in [3.05, 3.63) is 63.7 Å². The molecule has 0 aliphatic carbocycles. The molecule has 0 spiro atoms. The van der Waals surface area contributed by atoms with E-state index in [-0.39, 0.29) is 22.9 Å². The number of benzene rings is 1. The average molecular weight is 357 g/mol. The number of aromatic amines is 1. The summed E-state index contributed by atoms with van der Waals surface area (Å²) in [5.74, 6) is 0.580. The number of carbonyl (C=O) groups is 1. The van der Waals surface area contributed by atoms with Crippen molar-refractivity contribution in [3.8, 4) is 5.69 Å². The van der Waals surface area contributed by atoms with E-state index < -0.39 is 4.92 Å². The maximum absolute atomic E-state index is 12.2. The third-order valence-corrected chi connectivity index (χ3v) is 4.59. The second-order valence-electron chi connectivity index (χ2n) is 5.39. The number of aromatic nitrogens is 4. The van der Waals surface area contributed by atoms with Crippen LogP contribution in [0.3, 0.4) is 0 Å². The van der Waals surface area contributed by atoms with Crippen LogP contribution >= 0.6 is 11.8 Å². The fourth-order valence-corrected chi connectivity index (χ4v) is 3.26. The van der Waals surface area contributed by atoms with Crippen LogP contribution in [0.1, 0.15) is 21.9 Å². The molecule has 0 amide bonds. The standard InChI is InChI=1S/C16H15N5O3S/c1-10-5-3-4-6-14(10)20-11(2)18-19-16(20)25-9-15(22)13-7-12(8-17-13)21(23)24/h3-8,17H,9H2,1-2H3. The summed E-state index contributed by atoms with van der Waals surface area (Å²) in [5, 5.41) is 19.5. The normalized spacial score (nSPS) is 10.8. The van der Waals surface area contributed by atoms with Crippen molar-refractivity contribution in [2.24, 2.45) is 0 Å². The highest BCUT2D eigenvalue weighted by atomic mass is 32.2. The Balaban J connectivity index is 1.79. The van der Waals surface area contributed by atoms with E-state index in [4.69, 9.17) is 0 Å². The Morgan fingerprint density at radius 2 is 2.08 bits per heavy atom. The van der Waals surface area contributed by atoms with Crippen LogP contribution in [0.4, 0.5) is 5.69 Å². The highest BCUT2D eigenvalue weighted by Crippen LogP contribution is 2.25. The first-order chi connectivity index (χ1) is 12.0. The summed E-state index contributed by atoms with van der Waals surface area (Å²) in [7, 11) is 0. The van der Waals surface area contributed by atoms with Crippen molar-refractivity contribution in [1.82, 2.24) is 19.7 Å². The number of nitrogens with zero attached hydrogens (tertiary/aromatic N) is 4. The van der Waals surface area contributed by atoms with Crippen molar-refractivity contribution in [2.75, 3.05) is 5.75 Å². The molecule has 0 saturated heterocycles. The van der Waals surface area contributed by atoms with Gasteiger partial charge in [0.05, 0.1) is 28.3 Å². The van der Waals surface area contributed by atoms with Gasteiger partial charge in [-0.1, -0.05) is 30.0 Å². The second-order valence-corrected chi connectivity index (χ2v) is 6.33. The van der Waals surface area contributed by atoms with Gasteiger partial charge in [0, 0.05) is 6.07 Å². The molecule has 0 radical (unpaired) electrons. The maximum atomic E-state index is 12.2. The quantitative estimate of drug-likeness (QED) is 0.314. The fraction of sp³-hybridized carbons (Fsp3) is 0.188. The molecule has 0 atom stereocenters. The molecule has 1 N–H and O–H groups in total. The zero-order chi connectivity index (χ0) is 18.0. The van der Waals surface area contributed by atoms with Crippen molar-refractivity contribution in [1.29, 1.82) is 0 Å². The molecular weight excluding hydrogens is 342 g/mol. The highest BCUT2D eigenvalue weighted by molar-refractivity contribution is 7.99. The molecule has 2 aromatic heterocycles. The summed E-state index contributed by atoms with van der Waals surface area (Å²) < 4.78 is 1.89. The van der Waals surface area contributed by atoms with E-state index >= 15 is 0 Å². The number of thioether (sulfide) groups is 1. The molecule has 25 heavy (non-hydrogen) atoms. The minimum Gasteiger partial charge on any atom is -0.353 e. The summed E-state index contributed by atoms with van der Waals surface area (Å²) in [6.07, 6.45) is 1.21. The van der Waals surface area contributed by atoms with Gasteiger partial charge >= 0.3 is 0 Å². The molecule has 9 heteroatoms. The number of H-pyrrole nitrogens is 1. The molecule has 3 rings (SSSR count). The molecule has 1 aromatic carbocycles. The van der Waals surface area contributed by atoms with E-state index in [0.717, 1.165) is 17.1 Å². The number of hydrogen-bond acceptors (Lipinski definition) is 6. The van der Waals surface area contributed by atoms with Gasteiger partial charge in [-0.3, -0.25) is 19.5 Å². The fourth-order valence-electron chi connectivity index (χ4n) is 2.39. The average Bonchev–Trinajstić information content (AvgIpc) is 3.21. The van der Waals surface area contributed by atoms with Crippen LogP contribution in [0.25, 0.3) is 5.69 Å². The summed E-state index contributed by atoms with van der Waals surface area (Å²) in [6, 6.07) is 9.07. The van der Waals surface area contributed by atoms with Crippen LogP contribution in [-0.2, 0) is 0 Å². The topological polar surface area (TPSA) is 107 Å². The Labute approximate surface area is 147 Å². The van der Waals surface area contributed by atoms with Gasteiger partial charge in [0.25, 0.3) is 5.69 Å². The van der Waals surface area contributed by atoms with Crippen molar-refractivity contribution in [3.63, 3.8) is 0 Å². The van der Waals surface area contributed by atoms with Crippen LogP contribution in [0.5, 0.6) is 0 Å². The smallest absolute Gasteiger partial charge is 0.287 e. The van der Waals surface area contributed by atoms with Crippen LogP contribution in [-0.4, -0.2) is 36.2 Å². The van der Waals surface area contributed by atoms with E-state index in [0.29, 0.717) is 5.16 Å². The molecule has 0 saturated carbocycles. The van der Waals surface area contributed by atoms with Crippen LogP contribution in [0.2, 0.25) is 0 Å². The third kappa shape index (κ3) is 3.45. The number of nitrogens with one attached hydrogen (secondary N) is 1. The number of aryl methyl sites for hydroxylation is 2. The summed E-state index contributed by atoms with van der Waals surface area (Å²) in [6.45, 7) is 3.84. The third-order valence-electron chi connectivity index (χ3n) is 3.66. The largest absolute Gasteiger partial charge is 0.353 e. The summed E-state index contributed by atoms with van der Waals surface area (Å²) in [4.78, 5) is 25.0. The Morgan fingerprint density at radius 3 is 2.76 bits per heavy atom. The number of nitro groups is 1.